The number of hydrogen-bond acceptors (Lipinski definition) is 2. The standard InChI is InChI=1S/C12H9BrF3NS/c1-6(10-2-3-11(13)18-10)17-9-5-7(14)4-8(15)12(9)16/h2-6,17H,1H3. The van der Waals surface area contributed by atoms with E-state index in [1.54, 1.807) is 6.92 Å². The lowest BCUT2D eigenvalue weighted by Crippen LogP contribution is -2.07. The van der Waals surface area contributed by atoms with Crippen LogP contribution in [0.3, 0.4) is 0 Å². The Bertz CT molecular complexity index is 570. The Morgan fingerprint density at radius 3 is 2.56 bits per heavy atom. The van der Waals surface area contributed by atoms with Crippen molar-refractivity contribution in [2.24, 2.45) is 0 Å². The largest absolute Gasteiger partial charge is 0.375 e. The Morgan fingerprint density at radius 1 is 1.22 bits per heavy atom. The molecule has 0 bridgehead atoms. The number of halogens is 4. The van der Waals surface area contributed by atoms with Gasteiger partial charge in [0, 0.05) is 17.0 Å². The van der Waals surface area contributed by atoms with Crippen LogP contribution in [0.2, 0.25) is 0 Å². The maximum Gasteiger partial charge on any atom is 0.182 e. The van der Waals surface area contributed by atoms with Crippen LogP contribution in [-0.4, -0.2) is 0 Å². The predicted molar refractivity (Wildman–Crippen MR) is 70.4 cm³/mol. The minimum atomic E-state index is -1.20. The van der Waals surface area contributed by atoms with Gasteiger partial charge < -0.3 is 5.32 Å². The quantitative estimate of drug-likeness (QED) is 0.769. The molecule has 0 aliphatic carbocycles. The summed E-state index contributed by atoms with van der Waals surface area (Å²) >= 11 is 4.79. The summed E-state index contributed by atoms with van der Waals surface area (Å²) in [6.07, 6.45) is 0. The first-order valence-corrected chi connectivity index (χ1v) is 6.74. The molecule has 1 N–H and O–H groups in total. The maximum atomic E-state index is 13.5. The van der Waals surface area contributed by atoms with E-state index in [0.717, 1.165) is 14.7 Å². The monoisotopic (exact) mass is 335 g/mol. The van der Waals surface area contributed by atoms with E-state index < -0.39 is 17.5 Å². The molecule has 0 amide bonds. The molecule has 1 heterocycles. The number of thiophene rings is 1. The lowest BCUT2D eigenvalue weighted by molar-refractivity contribution is 0.496. The van der Waals surface area contributed by atoms with Crippen LogP contribution in [0, 0.1) is 17.5 Å². The molecule has 1 atom stereocenters. The fourth-order valence-electron chi connectivity index (χ4n) is 1.53. The first-order chi connectivity index (χ1) is 8.47. The van der Waals surface area contributed by atoms with Gasteiger partial charge in [-0.1, -0.05) is 0 Å². The van der Waals surface area contributed by atoms with Gasteiger partial charge >= 0.3 is 0 Å². The summed E-state index contributed by atoms with van der Waals surface area (Å²) < 4.78 is 40.4. The molecule has 0 aliphatic rings. The second kappa shape index (κ2) is 5.32. The van der Waals surface area contributed by atoms with E-state index in [4.69, 9.17) is 0 Å². The van der Waals surface area contributed by atoms with Gasteiger partial charge in [-0.2, -0.15) is 0 Å². The van der Waals surface area contributed by atoms with Crippen molar-refractivity contribution < 1.29 is 13.2 Å². The second-order valence-electron chi connectivity index (χ2n) is 3.76. The average molecular weight is 336 g/mol. The molecule has 1 unspecified atom stereocenters. The van der Waals surface area contributed by atoms with Crippen molar-refractivity contribution in [3.63, 3.8) is 0 Å². The molecule has 0 radical (unpaired) electrons. The molecule has 0 aliphatic heterocycles. The zero-order chi connectivity index (χ0) is 13.3. The van der Waals surface area contributed by atoms with Crippen molar-refractivity contribution in [1.29, 1.82) is 0 Å². The molecule has 1 nitrogen and oxygen atoms in total. The highest BCUT2D eigenvalue weighted by Crippen LogP contribution is 2.30. The second-order valence-corrected chi connectivity index (χ2v) is 6.25. The first kappa shape index (κ1) is 13.4. The summed E-state index contributed by atoms with van der Waals surface area (Å²) in [5.41, 5.74) is -0.176. The SMILES string of the molecule is CC(Nc1cc(F)cc(F)c1F)c1ccc(Br)s1. The van der Waals surface area contributed by atoms with Crippen LogP contribution in [0.1, 0.15) is 17.8 Å². The van der Waals surface area contributed by atoms with E-state index in [2.05, 4.69) is 21.2 Å². The van der Waals surface area contributed by atoms with Gasteiger partial charge in [-0.25, -0.2) is 13.2 Å². The van der Waals surface area contributed by atoms with Crippen molar-refractivity contribution in [2.75, 3.05) is 5.32 Å². The minimum absolute atomic E-state index is 0.176. The van der Waals surface area contributed by atoms with E-state index >= 15 is 0 Å². The summed E-state index contributed by atoms with van der Waals surface area (Å²) in [7, 11) is 0. The predicted octanol–water partition coefficient (Wildman–Crippen LogP) is 5.10. The Kier molecular flexibility index (Phi) is 3.97. The molecular weight excluding hydrogens is 327 g/mol. The summed E-state index contributed by atoms with van der Waals surface area (Å²) in [6.45, 7) is 1.79. The smallest absolute Gasteiger partial charge is 0.182 e. The van der Waals surface area contributed by atoms with Crippen LogP contribution in [0.25, 0.3) is 0 Å². The fraction of sp³-hybridized carbons (Fsp3) is 0.167. The average Bonchev–Trinajstić information content (AvgIpc) is 2.72. The maximum absolute atomic E-state index is 13.5. The Hall–Kier alpha value is -1.01. The highest BCUT2D eigenvalue weighted by molar-refractivity contribution is 9.11. The molecule has 1 aromatic carbocycles. The zero-order valence-electron chi connectivity index (χ0n) is 9.31. The Morgan fingerprint density at radius 2 is 1.94 bits per heavy atom. The molecule has 0 spiro atoms. The van der Waals surface area contributed by atoms with Crippen molar-refractivity contribution in [1.82, 2.24) is 0 Å². The van der Waals surface area contributed by atoms with E-state index in [1.165, 1.54) is 11.3 Å². The van der Waals surface area contributed by atoms with Crippen LogP contribution in [0.4, 0.5) is 18.9 Å². The van der Waals surface area contributed by atoms with E-state index in [9.17, 15) is 13.2 Å². The number of anilines is 1. The molecule has 0 saturated heterocycles. The van der Waals surface area contributed by atoms with Crippen LogP contribution in [0.5, 0.6) is 0 Å². The lowest BCUT2D eigenvalue weighted by atomic mass is 10.2. The van der Waals surface area contributed by atoms with Gasteiger partial charge in [0.05, 0.1) is 15.5 Å². The van der Waals surface area contributed by atoms with Crippen molar-refractivity contribution >= 4 is 33.0 Å². The molecule has 96 valence electrons. The number of hydrogen-bond donors (Lipinski definition) is 1. The van der Waals surface area contributed by atoms with Crippen LogP contribution < -0.4 is 5.32 Å². The number of benzene rings is 1. The van der Waals surface area contributed by atoms with Crippen LogP contribution in [0.15, 0.2) is 28.1 Å². The lowest BCUT2D eigenvalue weighted by Gasteiger charge is -2.14. The third kappa shape index (κ3) is 2.87. The highest BCUT2D eigenvalue weighted by atomic mass is 79.9. The van der Waals surface area contributed by atoms with Crippen LogP contribution >= 0.6 is 27.3 Å². The van der Waals surface area contributed by atoms with Crippen molar-refractivity contribution in [3.05, 3.63) is 50.4 Å². The highest BCUT2D eigenvalue weighted by Gasteiger charge is 2.14. The van der Waals surface area contributed by atoms with Gasteiger partial charge in [0.1, 0.15) is 5.82 Å². The molecule has 0 fully saturated rings. The third-order valence-corrected chi connectivity index (χ3v) is 4.19. The van der Waals surface area contributed by atoms with Gasteiger partial charge in [-0.3, -0.25) is 0 Å². The Balaban J connectivity index is 2.24. The van der Waals surface area contributed by atoms with E-state index in [0.29, 0.717) is 6.07 Å². The van der Waals surface area contributed by atoms with Gasteiger partial charge in [-0.05, 0) is 35.0 Å². The van der Waals surface area contributed by atoms with Crippen LogP contribution in [-0.2, 0) is 0 Å². The summed E-state index contributed by atoms with van der Waals surface area (Å²) in [5, 5.41) is 2.76. The zero-order valence-corrected chi connectivity index (χ0v) is 11.7. The first-order valence-electron chi connectivity index (χ1n) is 5.13. The van der Waals surface area contributed by atoms with Gasteiger partial charge in [0.2, 0.25) is 0 Å². The molecule has 0 saturated carbocycles. The van der Waals surface area contributed by atoms with Gasteiger partial charge in [0.15, 0.2) is 11.6 Å². The van der Waals surface area contributed by atoms with Gasteiger partial charge in [-0.15, -0.1) is 11.3 Å². The molecule has 2 aromatic rings. The molecule has 1 aromatic heterocycles. The van der Waals surface area contributed by atoms with Crippen molar-refractivity contribution in [3.8, 4) is 0 Å². The normalized spacial score (nSPS) is 12.5. The van der Waals surface area contributed by atoms with E-state index in [-0.39, 0.29) is 11.7 Å². The summed E-state index contributed by atoms with van der Waals surface area (Å²) in [4.78, 5) is 0.936. The molecular formula is C12H9BrF3NS. The minimum Gasteiger partial charge on any atom is -0.375 e. The van der Waals surface area contributed by atoms with E-state index in [1.807, 2.05) is 12.1 Å². The molecule has 2 rings (SSSR count). The topological polar surface area (TPSA) is 12.0 Å². The molecule has 18 heavy (non-hydrogen) atoms. The fourth-order valence-corrected chi connectivity index (χ4v) is 2.95. The summed E-state index contributed by atoms with van der Waals surface area (Å²) in [6, 6.07) is 4.95. The third-order valence-electron chi connectivity index (χ3n) is 2.39. The Labute approximate surface area is 115 Å². The molecule has 6 heteroatoms. The van der Waals surface area contributed by atoms with Gasteiger partial charge in [0.25, 0.3) is 0 Å². The summed E-state index contributed by atoms with van der Waals surface area (Å²) in [5.74, 6) is -3.08. The number of rotatable bonds is 3. The van der Waals surface area contributed by atoms with Crippen molar-refractivity contribution in [2.45, 2.75) is 13.0 Å². The number of nitrogens with one attached hydrogen (secondary N) is 1.